The molecule has 0 aromatic heterocycles. The van der Waals surface area contributed by atoms with Crippen molar-refractivity contribution in [3.05, 3.63) is 0 Å². The number of hydrogen-bond acceptors (Lipinski definition) is 6. The van der Waals surface area contributed by atoms with Crippen molar-refractivity contribution in [1.82, 2.24) is 0 Å². The van der Waals surface area contributed by atoms with Gasteiger partial charge in [0, 0.05) is 12.8 Å². The second-order valence-electron chi connectivity index (χ2n) is 6.03. The molecule has 0 heterocycles. The molecule has 2 rings (SSSR count). The Labute approximate surface area is 129 Å². The normalized spacial score (nSPS) is 27.0. The molecule has 0 radical (unpaired) electrons. The number of Topliss-reactive ketones (excluding diaryl/α,β-unsaturated/α-hetero) is 2. The van der Waals surface area contributed by atoms with E-state index in [-0.39, 0.29) is 31.8 Å². The molecule has 2 aliphatic rings. The van der Waals surface area contributed by atoms with Crippen molar-refractivity contribution < 1.29 is 28.7 Å². The minimum Gasteiger partial charge on any atom is -0.465 e. The average Bonchev–Trinajstić information content (AvgIpc) is 2.53. The summed E-state index contributed by atoms with van der Waals surface area (Å²) < 4.78 is 9.94. The van der Waals surface area contributed by atoms with E-state index in [1.807, 2.05) is 0 Å². The Morgan fingerprint density at radius 3 is 2.18 bits per heavy atom. The lowest BCUT2D eigenvalue weighted by Crippen LogP contribution is -2.48. The maximum absolute atomic E-state index is 12.8. The van der Waals surface area contributed by atoms with Gasteiger partial charge in [-0.3, -0.25) is 19.2 Å². The predicted molar refractivity (Wildman–Crippen MR) is 75.8 cm³/mol. The third kappa shape index (κ3) is 2.91. The molecule has 0 N–H and O–H groups in total. The van der Waals surface area contributed by atoms with Crippen molar-refractivity contribution in [1.29, 1.82) is 0 Å². The highest BCUT2D eigenvalue weighted by Crippen LogP contribution is 2.53. The Balaban J connectivity index is 2.35. The molecule has 6 nitrogen and oxygen atoms in total. The fraction of sp³-hybridized carbons (Fsp3) is 0.750. The lowest BCUT2D eigenvalue weighted by Gasteiger charge is -2.44. The Bertz CT molecular complexity index is 491. The monoisotopic (exact) mass is 310 g/mol. The van der Waals surface area contributed by atoms with Gasteiger partial charge in [-0.05, 0) is 32.1 Å². The van der Waals surface area contributed by atoms with E-state index >= 15 is 0 Å². The number of esters is 2. The van der Waals surface area contributed by atoms with E-state index in [1.165, 1.54) is 0 Å². The molecule has 6 heteroatoms. The zero-order valence-electron chi connectivity index (χ0n) is 13.1. The van der Waals surface area contributed by atoms with Crippen LogP contribution in [-0.2, 0) is 28.7 Å². The molecule has 2 unspecified atom stereocenters. The molecule has 0 saturated heterocycles. The van der Waals surface area contributed by atoms with E-state index in [0.29, 0.717) is 12.8 Å². The highest BCUT2D eigenvalue weighted by molar-refractivity contribution is 6.12. The zero-order valence-corrected chi connectivity index (χ0v) is 13.1. The van der Waals surface area contributed by atoms with Crippen LogP contribution in [0.4, 0.5) is 0 Å². The predicted octanol–water partition coefficient (Wildman–Crippen LogP) is 1.45. The van der Waals surface area contributed by atoms with Gasteiger partial charge in [-0.25, -0.2) is 0 Å². The average molecular weight is 310 g/mol. The summed E-state index contributed by atoms with van der Waals surface area (Å²) >= 11 is 0. The van der Waals surface area contributed by atoms with E-state index < -0.39 is 35.0 Å². The molecular formula is C16H22O6. The molecule has 0 aromatic carbocycles. The molecule has 0 aromatic rings. The Morgan fingerprint density at radius 1 is 1.09 bits per heavy atom. The van der Waals surface area contributed by atoms with Gasteiger partial charge < -0.3 is 9.47 Å². The molecule has 2 saturated carbocycles. The first-order valence-corrected chi connectivity index (χ1v) is 7.84. The first kappa shape index (κ1) is 16.6. The summed E-state index contributed by atoms with van der Waals surface area (Å²) in [5.74, 6) is -4.20. The van der Waals surface area contributed by atoms with Crippen molar-refractivity contribution in [2.24, 2.45) is 17.3 Å². The second kappa shape index (κ2) is 6.58. The van der Waals surface area contributed by atoms with Gasteiger partial charge in [-0.15, -0.1) is 0 Å². The molecule has 0 amide bonds. The molecular weight excluding hydrogens is 288 g/mol. The van der Waals surface area contributed by atoms with Gasteiger partial charge in [-0.1, -0.05) is 6.42 Å². The molecule has 122 valence electrons. The lowest BCUT2D eigenvalue weighted by molar-refractivity contribution is -0.164. The minimum atomic E-state index is -1.18. The van der Waals surface area contributed by atoms with Gasteiger partial charge in [0.25, 0.3) is 0 Å². The summed E-state index contributed by atoms with van der Waals surface area (Å²) in [6, 6.07) is 0. The number of ether oxygens (including phenoxy) is 2. The smallest absolute Gasteiger partial charge is 0.317 e. The summed E-state index contributed by atoms with van der Waals surface area (Å²) in [6.45, 7) is 3.60. The van der Waals surface area contributed by atoms with Crippen LogP contribution in [0.5, 0.6) is 0 Å². The van der Waals surface area contributed by atoms with Crippen molar-refractivity contribution in [3.63, 3.8) is 0 Å². The lowest BCUT2D eigenvalue weighted by atomic mass is 9.58. The van der Waals surface area contributed by atoms with Gasteiger partial charge in [0.2, 0.25) is 0 Å². The standard InChI is InChI=1S/C16H22O6/c1-3-21-14(19)11-8-10(17)9-16(6-5-7-16)12(13(11)18)15(20)22-4-2/h11-12H,3-9H2,1-2H3. The van der Waals surface area contributed by atoms with Crippen LogP contribution in [-0.4, -0.2) is 36.7 Å². The van der Waals surface area contributed by atoms with Crippen LogP contribution in [0.2, 0.25) is 0 Å². The molecule has 0 bridgehead atoms. The van der Waals surface area contributed by atoms with Gasteiger partial charge in [0.1, 0.15) is 17.6 Å². The fourth-order valence-corrected chi connectivity index (χ4v) is 3.53. The van der Waals surface area contributed by atoms with Crippen LogP contribution >= 0.6 is 0 Å². The summed E-state index contributed by atoms with van der Waals surface area (Å²) in [5.41, 5.74) is -0.651. The highest BCUT2D eigenvalue weighted by atomic mass is 16.5. The van der Waals surface area contributed by atoms with E-state index in [4.69, 9.17) is 9.47 Å². The SMILES string of the molecule is CCOC(=O)C1CC(=O)CC2(CCC2)C(C(=O)OCC)C1=O. The third-order valence-electron chi connectivity index (χ3n) is 4.66. The van der Waals surface area contributed by atoms with Crippen LogP contribution in [0, 0.1) is 17.3 Å². The first-order valence-electron chi connectivity index (χ1n) is 7.84. The zero-order chi connectivity index (χ0) is 16.3. The largest absolute Gasteiger partial charge is 0.465 e. The van der Waals surface area contributed by atoms with Crippen molar-refractivity contribution in [2.75, 3.05) is 13.2 Å². The van der Waals surface area contributed by atoms with E-state index in [1.54, 1.807) is 13.8 Å². The molecule has 2 fully saturated rings. The molecule has 0 aliphatic heterocycles. The van der Waals surface area contributed by atoms with Crippen LogP contribution in [0.15, 0.2) is 0 Å². The van der Waals surface area contributed by atoms with Crippen LogP contribution in [0.3, 0.4) is 0 Å². The van der Waals surface area contributed by atoms with E-state index in [2.05, 4.69) is 0 Å². The van der Waals surface area contributed by atoms with Gasteiger partial charge in [-0.2, -0.15) is 0 Å². The number of carbonyl (C=O) groups is 4. The summed E-state index contributed by atoms with van der Waals surface area (Å²) in [7, 11) is 0. The van der Waals surface area contributed by atoms with Gasteiger partial charge in [0.15, 0.2) is 5.78 Å². The maximum Gasteiger partial charge on any atom is 0.317 e. The Morgan fingerprint density at radius 2 is 1.68 bits per heavy atom. The number of carbonyl (C=O) groups excluding carboxylic acids is 4. The fourth-order valence-electron chi connectivity index (χ4n) is 3.53. The van der Waals surface area contributed by atoms with E-state index in [9.17, 15) is 19.2 Å². The van der Waals surface area contributed by atoms with Gasteiger partial charge in [0.05, 0.1) is 13.2 Å². The Hall–Kier alpha value is -1.72. The minimum absolute atomic E-state index is 0.131. The van der Waals surface area contributed by atoms with Crippen molar-refractivity contribution in [3.8, 4) is 0 Å². The summed E-state index contributed by atoms with van der Waals surface area (Å²) in [5, 5.41) is 0. The van der Waals surface area contributed by atoms with Crippen molar-refractivity contribution >= 4 is 23.5 Å². The number of rotatable bonds is 4. The van der Waals surface area contributed by atoms with Crippen molar-refractivity contribution in [2.45, 2.75) is 46.0 Å². The van der Waals surface area contributed by atoms with Crippen LogP contribution in [0.1, 0.15) is 46.0 Å². The third-order valence-corrected chi connectivity index (χ3v) is 4.66. The Kier molecular flexibility index (Phi) is 4.98. The summed E-state index contributed by atoms with van der Waals surface area (Å²) in [4.78, 5) is 49.2. The molecule has 1 spiro atoms. The topological polar surface area (TPSA) is 86.7 Å². The van der Waals surface area contributed by atoms with Gasteiger partial charge >= 0.3 is 11.9 Å². The number of ketones is 2. The maximum atomic E-state index is 12.8. The molecule has 2 atom stereocenters. The van der Waals surface area contributed by atoms with Crippen LogP contribution < -0.4 is 0 Å². The molecule has 22 heavy (non-hydrogen) atoms. The second-order valence-corrected chi connectivity index (χ2v) is 6.03. The van der Waals surface area contributed by atoms with Crippen LogP contribution in [0.25, 0.3) is 0 Å². The number of hydrogen-bond donors (Lipinski definition) is 0. The summed E-state index contributed by atoms with van der Waals surface area (Å²) in [6.07, 6.45) is 2.15. The first-order chi connectivity index (χ1) is 10.4. The van der Waals surface area contributed by atoms with E-state index in [0.717, 1.165) is 6.42 Å². The molecule has 2 aliphatic carbocycles. The quantitative estimate of drug-likeness (QED) is 0.577. The highest BCUT2D eigenvalue weighted by Gasteiger charge is 2.57.